The van der Waals surface area contributed by atoms with Crippen molar-refractivity contribution in [1.82, 2.24) is 4.90 Å². The Hall–Kier alpha value is -1.26. The zero-order valence-corrected chi connectivity index (χ0v) is 12.7. The molecule has 1 aromatic carbocycles. The van der Waals surface area contributed by atoms with Crippen LogP contribution in [0.4, 0.5) is 0 Å². The maximum absolute atomic E-state index is 11.5. The average Bonchev–Trinajstić information content (AvgIpc) is 2.79. The maximum atomic E-state index is 11.5. The number of likely N-dealkylation sites (N-methyl/N-ethyl adjacent to an activating group) is 1. The number of halogens is 1. The Morgan fingerprint density at radius 1 is 1.50 bits per heavy atom. The largest absolute Gasteiger partial charge is 0.488 e. The van der Waals surface area contributed by atoms with Gasteiger partial charge in [-0.3, -0.25) is 9.69 Å². The highest BCUT2D eigenvalue weighted by Crippen LogP contribution is 2.31. The highest BCUT2D eigenvalue weighted by molar-refractivity contribution is 6.30. The van der Waals surface area contributed by atoms with Gasteiger partial charge in [-0.25, -0.2) is 0 Å². The van der Waals surface area contributed by atoms with Crippen molar-refractivity contribution in [3.63, 3.8) is 0 Å². The number of rotatable bonds is 6. The lowest BCUT2D eigenvalue weighted by Crippen LogP contribution is -2.38. The number of ether oxygens (including phenoxy) is 2. The summed E-state index contributed by atoms with van der Waals surface area (Å²) in [4.78, 5) is 13.6. The zero-order chi connectivity index (χ0) is 14.5. The van der Waals surface area contributed by atoms with Crippen LogP contribution >= 0.6 is 11.6 Å². The summed E-state index contributed by atoms with van der Waals surface area (Å²) in [5, 5.41) is 0.729. The van der Waals surface area contributed by atoms with E-state index < -0.39 is 0 Å². The average molecular weight is 298 g/mol. The molecule has 110 valence electrons. The van der Waals surface area contributed by atoms with Crippen LogP contribution in [0.1, 0.15) is 19.4 Å². The molecular weight excluding hydrogens is 278 g/mol. The SMILES string of the molecule is CCOC(=O)CN(CC)CC1Cc2cc(Cl)ccc2O1. The molecule has 1 aliphatic heterocycles. The second kappa shape index (κ2) is 6.95. The molecule has 0 amide bonds. The third kappa shape index (κ3) is 3.87. The van der Waals surface area contributed by atoms with E-state index in [-0.39, 0.29) is 12.1 Å². The van der Waals surface area contributed by atoms with E-state index in [2.05, 4.69) is 0 Å². The Morgan fingerprint density at radius 3 is 3.00 bits per heavy atom. The molecule has 0 bridgehead atoms. The number of esters is 1. The molecule has 0 saturated carbocycles. The lowest BCUT2D eigenvalue weighted by molar-refractivity contribution is -0.144. The van der Waals surface area contributed by atoms with Crippen LogP contribution in [0.3, 0.4) is 0 Å². The Kier molecular flexibility index (Phi) is 5.26. The fourth-order valence-corrected chi connectivity index (χ4v) is 2.57. The molecule has 1 unspecified atom stereocenters. The van der Waals surface area contributed by atoms with Crippen LogP contribution in [0.5, 0.6) is 5.75 Å². The fourth-order valence-electron chi connectivity index (χ4n) is 2.37. The van der Waals surface area contributed by atoms with Gasteiger partial charge in [0.1, 0.15) is 11.9 Å². The van der Waals surface area contributed by atoms with Crippen molar-refractivity contribution in [1.29, 1.82) is 0 Å². The number of benzene rings is 1. The zero-order valence-electron chi connectivity index (χ0n) is 11.9. The van der Waals surface area contributed by atoms with E-state index in [9.17, 15) is 4.79 Å². The second-order valence-corrected chi connectivity index (χ2v) is 5.27. The summed E-state index contributed by atoms with van der Waals surface area (Å²) in [5.41, 5.74) is 1.13. The summed E-state index contributed by atoms with van der Waals surface area (Å²) in [6, 6.07) is 5.68. The van der Waals surface area contributed by atoms with E-state index in [1.807, 2.05) is 36.9 Å². The molecule has 1 atom stereocenters. The van der Waals surface area contributed by atoms with Crippen LogP contribution in [0.25, 0.3) is 0 Å². The van der Waals surface area contributed by atoms with Crippen molar-refractivity contribution in [2.45, 2.75) is 26.4 Å². The van der Waals surface area contributed by atoms with Crippen molar-refractivity contribution >= 4 is 17.6 Å². The topological polar surface area (TPSA) is 38.8 Å². The molecule has 0 spiro atoms. The highest BCUT2D eigenvalue weighted by Gasteiger charge is 2.25. The number of carbonyl (C=O) groups excluding carboxylic acids is 1. The number of fused-ring (bicyclic) bond motifs is 1. The molecule has 0 N–H and O–H groups in total. The predicted octanol–water partition coefficient (Wildman–Crippen LogP) is 2.53. The van der Waals surface area contributed by atoms with E-state index in [0.29, 0.717) is 19.7 Å². The third-order valence-corrected chi connectivity index (χ3v) is 3.57. The molecule has 0 aromatic heterocycles. The number of nitrogens with zero attached hydrogens (tertiary/aromatic N) is 1. The fraction of sp³-hybridized carbons (Fsp3) is 0.533. The molecule has 2 rings (SSSR count). The minimum absolute atomic E-state index is 0.0674. The minimum atomic E-state index is -0.187. The molecule has 0 fully saturated rings. The molecule has 20 heavy (non-hydrogen) atoms. The van der Waals surface area contributed by atoms with Gasteiger partial charge in [0.05, 0.1) is 13.2 Å². The smallest absolute Gasteiger partial charge is 0.320 e. The van der Waals surface area contributed by atoms with Crippen LogP contribution in [0, 0.1) is 0 Å². The monoisotopic (exact) mass is 297 g/mol. The van der Waals surface area contributed by atoms with Crippen LogP contribution in [0.2, 0.25) is 5.02 Å². The Bertz CT molecular complexity index is 478. The Labute approximate surface area is 124 Å². The first kappa shape index (κ1) is 15.1. The second-order valence-electron chi connectivity index (χ2n) is 4.83. The lowest BCUT2D eigenvalue weighted by Gasteiger charge is -2.22. The molecule has 0 aliphatic carbocycles. The summed E-state index contributed by atoms with van der Waals surface area (Å²) in [6.07, 6.45) is 0.896. The van der Waals surface area contributed by atoms with Crippen molar-refractivity contribution in [3.8, 4) is 5.75 Å². The molecule has 1 aliphatic rings. The summed E-state index contributed by atoms with van der Waals surface area (Å²) in [6.45, 7) is 6.06. The predicted molar refractivity (Wildman–Crippen MR) is 78.3 cm³/mol. The van der Waals surface area contributed by atoms with Crippen LogP contribution in [-0.4, -0.2) is 43.2 Å². The van der Waals surface area contributed by atoms with Gasteiger partial charge in [-0.15, -0.1) is 0 Å². The van der Waals surface area contributed by atoms with Crippen molar-refractivity contribution in [2.75, 3.05) is 26.2 Å². The summed E-state index contributed by atoms with van der Waals surface area (Å²) in [7, 11) is 0. The minimum Gasteiger partial charge on any atom is -0.488 e. The first-order chi connectivity index (χ1) is 9.62. The van der Waals surface area contributed by atoms with Gasteiger partial charge in [0, 0.05) is 18.0 Å². The number of hydrogen-bond donors (Lipinski definition) is 0. The first-order valence-corrected chi connectivity index (χ1v) is 7.33. The molecule has 1 heterocycles. The summed E-state index contributed by atoms with van der Waals surface area (Å²) in [5.74, 6) is 0.708. The molecular formula is C15H20ClNO3. The van der Waals surface area contributed by atoms with Gasteiger partial charge >= 0.3 is 5.97 Å². The Morgan fingerprint density at radius 2 is 2.30 bits per heavy atom. The summed E-state index contributed by atoms with van der Waals surface area (Å²) >= 11 is 5.98. The van der Waals surface area contributed by atoms with E-state index in [1.165, 1.54) is 0 Å². The lowest BCUT2D eigenvalue weighted by atomic mass is 10.1. The number of carbonyl (C=O) groups is 1. The molecule has 4 nitrogen and oxygen atoms in total. The standard InChI is InChI=1S/C15H20ClNO3/c1-3-17(10-15(18)19-4-2)9-13-8-11-7-12(16)5-6-14(11)20-13/h5-7,13H,3-4,8-10H2,1-2H3. The highest BCUT2D eigenvalue weighted by atomic mass is 35.5. The third-order valence-electron chi connectivity index (χ3n) is 3.33. The molecule has 1 aromatic rings. The normalized spacial score (nSPS) is 16.9. The molecule has 0 radical (unpaired) electrons. The summed E-state index contributed by atoms with van der Waals surface area (Å²) < 4.78 is 10.9. The van der Waals surface area contributed by atoms with Crippen molar-refractivity contribution in [2.24, 2.45) is 0 Å². The molecule has 5 heteroatoms. The van der Waals surface area contributed by atoms with Gasteiger partial charge in [0.2, 0.25) is 0 Å². The van der Waals surface area contributed by atoms with Gasteiger partial charge < -0.3 is 9.47 Å². The van der Waals surface area contributed by atoms with Gasteiger partial charge in [0.25, 0.3) is 0 Å². The van der Waals surface area contributed by atoms with E-state index in [4.69, 9.17) is 21.1 Å². The van der Waals surface area contributed by atoms with Gasteiger partial charge in [-0.05, 0) is 37.2 Å². The molecule has 0 saturated heterocycles. The van der Waals surface area contributed by atoms with Gasteiger partial charge in [-0.2, -0.15) is 0 Å². The van der Waals surface area contributed by atoms with E-state index >= 15 is 0 Å². The van der Waals surface area contributed by atoms with Crippen molar-refractivity contribution in [3.05, 3.63) is 28.8 Å². The maximum Gasteiger partial charge on any atom is 0.320 e. The van der Waals surface area contributed by atoms with Crippen LogP contribution in [-0.2, 0) is 16.0 Å². The number of hydrogen-bond acceptors (Lipinski definition) is 4. The quantitative estimate of drug-likeness (QED) is 0.756. The van der Waals surface area contributed by atoms with Crippen LogP contribution < -0.4 is 4.74 Å². The first-order valence-electron chi connectivity index (χ1n) is 6.95. The van der Waals surface area contributed by atoms with Crippen LogP contribution in [0.15, 0.2) is 18.2 Å². The Balaban J connectivity index is 1.89. The van der Waals surface area contributed by atoms with Crippen molar-refractivity contribution < 1.29 is 14.3 Å². The van der Waals surface area contributed by atoms with Gasteiger partial charge in [0.15, 0.2) is 0 Å². The van der Waals surface area contributed by atoms with E-state index in [0.717, 1.165) is 29.3 Å². The van der Waals surface area contributed by atoms with Gasteiger partial charge in [-0.1, -0.05) is 18.5 Å². The van der Waals surface area contributed by atoms with E-state index in [1.54, 1.807) is 0 Å².